The van der Waals surface area contributed by atoms with Crippen LogP contribution in [-0.4, -0.2) is 18.6 Å². The summed E-state index contributed by atoms with van der Waals surface area (Å²) in [6.07, 6.45) is 0. The van der Waals surface area contributed by atoms with Crippen molar-refractivity contribution in [3.63, 3.8) is 0 Å². The van der Waals surface area contributed by atoms with E-state index in [4.69, 9.17) is 4.74 Å². The lowest BCUT2D eigenvalue weighted by Crippen LogP contribution is -2.18. The summed E-state index contributed by atoms with van der Waals surface area (Å²) in [7, 11) is 1.94. The highest BCUT2D eigenvalue weighted by molar-refractivity contribution is 7.07. The number of thiazole rings is 1. The van der Waals surface area contributed by atoms with Crippen LogP contribution in [-0.2, 0) is 0 Å². The highest BCUT2D eigenvalue weighted by Gasteiger charge is 2.17. The van der Waals surface area contributed by atoms with Crippen molar-refractivity contribution < 1.29 is 4.74 Å². The van der Waals surface area contributed by atoms with E-state index < -0.39 is 0 Å². The van der Waals surface area contributed by atoms with Crippen LogP contribution in [0, 0.1) is 0 Å². The number of hydrogen-bond donors (Lipinski definition) is 1. The van der Waals surface area contributed by atoms with Crippen molar-refractivity contribution in [2.24, 2.45) is 0 Å². The summed E-state index contributed by atoms with van der Waals surface area (Å²) in [5.41, 5.74) is 4.01. The molecule has 2 aromatic rings. The van der Waals surface area contributed by atoms with Crippen LogP contribution in [0.15, 0.2) is 35.2 Å². The molecule has 1 aromatic carbocycles. The molecule has 1 aromatic heterocycles. The van der Waals surface area contributed by atoms with Gasteiger partial charge in [-0.1, -0.05) is 18.2 Å². The molecule has 17 heavy (non-hydrogen) atoms. The third-order valence-corrected chi connectivity index (χ3v) is 3.17. The lowest BCUT2D eigenvalue weighted by Gasteiger charge is -2.18. The van der Waals surface area contributed by atoms with Crippen molar-refractivity contribution in [3.05, 3.63) is 46.4 Å². The van der Waals surface area contributed by atoms with Crippen molar-refractivity contribution in [3.8, 4) is 5.75 Å². The van der Waals surface area contributed by atoms with Gasteiger partial charge in [0, 0.05) is 10.9 Å². The topological polar surface area (TPSA) is 34.1 Å². The van der Waals surface area contributed by atoms with Gasteiger partial charge >= 0.3 is 0 Å². The standard InChI is InChI=1S/C13H16N2OS/c1-3-16-12-7-5-4-6-10(12)13(14-2)11-8-17-9-15-11/h4-9,13-14H,3H2,1-2H3. The van der Waals surface area contributed by atoms with E-state index in [9.17, 15) is 0 Å². The van der Waals surface area contributed by atoms with Crippen molar-refractivity contribution >= 4 is 11.3 Å². The van der Waals surface area contributed by atoms with Gasteiger partial charge in [0.05, 0.1) is 23.9 Å². The molecule has 0 fully saturated rings. The summed E-state index contributed by atoms with van der Waals surface area (Å²) >= 11 is 1.61. The minimum absolute atomic E-state index is 0.0870. The van der Waals surface area contributed by atoms with Crippen molar-refractivity contribution in [1.82, 2.24) is 10.3 Å². The molecule has 0 radical (unpaired) electrons. The molecule has 0 aliphatic carbocycles. The lowest BCUT2D eigenvalue weighted by atomic mass is 10.0. The molecule has 0 bridgehead atoms. The average Bonchev–Trinajstić information content (AvgIpc) is 2.86. The molecular weight excluding hydrogens is 232 g/mol. The Morgan fingerprint density at radius 2 is 2.24 bits per heavy atom. The number of aromatic nitrogens is 1. The van der Waals surface area contributed by atoms with Gasteiger partial charge in [-0.25, -0.2) is 4.98 Å². The first-order valence-electron chi connectivity index (χ1n) is 5.64. The number of ether oxygens (including phenoxy) is 1. The molecule has 0 aliphatic heterocycles. The van der Waals surface area contributed by atoms with E-state index in [0.717, 1.165) is 17.0 Å². The fourth-order valence-electron chi connectivity index (χ4n) is 1.83. The van der Waals surface area contributed by atoms with Crippen molar-refractivity contribution in [2.45, 2.75) is 13.0 Å². The second-order valence-corrected chi connectivity index (χ2v) is 4.32. The summed E-state index contributed by atoms with van der Waals surface area (Å²) < 4.78 is 5.65. The Labute approximate surface area is 105 Å². The molecule has 1 N–H and O–H groups in total. The SMILES string of the molecule is CCOc1ccccc1C(NC)c1cscn1. The maximum absolute atomic E-state index is 5.65. The molecule has 0 saturated heterocycles. The average molecular weight is 248 g/mol. The van der Waals surface area contributed by atoms with Gasteiger partial charge in [-0.2, -0.15) is 0 Å². The summed E-state index contributed by atoms with van der Waals surface area (Å²) in [4.78, 5) is 4.37. The normalized spacial score (nSPS) is 12.4. The number of rotatable bonds is 5. The Balaban J connectivity index is 2.37. The zero-order chi connectivity index (χ0) is 12.1. The fraction of sp³-hybridized carbons (Fsp3) is 0.308. The van der Waals surface area contributed by atoms with Crippen LogP contribution in [0.3, 0.4) is 0 Å². The van der Waals surface area contributed by atoms with E-state index in [1.54, 1.807) is 11.3 Å². The second-order valence-electron chi connectivity index (χ2n) is 3.61. The van der Waals surface area contributed by atoms with Crippen LogP contribution < -0.4 is 10.1 Å². The Morgan fingerprint density at radius 1 is 1.41 bits per heavy atom. The van der Waals surface area contributed by atoms with Gasteiger partial charge in [-0.15, -0.1) is 11.3 Å². The highest BCUT2D eigenvalue weighted by Crippen LogP contribution is 2.29. The Kier molecular flexibility index (Phi) is 4.12. The van der Waals surface area contributed by atoms with Crippen LogP contribution in [0.5, 0.6) is 5.75 Å². The van der Waals surface area contributed by atoms with Gasteiger partial charge in [-0.3, -0.25) is 0 Å². The maximum Gasteiger partial charge on any atom is 0.124 e. The monoisotopic (exact) mass is 248 g/mol. The summed E-state index contributed by atoms with van der Waals surface area (Å²) in [5.74, 6) is 0.919. The zero-order valence-corrected chi connectivity index (χ0v) is 10.8. The third-order valence-electron chi connectivity index (χ3n) is 2.57. The van der Waals surface area contributed by atoms with Crippen LogP contribution in [0.1, 0.15) is 24.2 Å². The smallest absolute Gasteiger partial charge is 0.124 e. The van der Waals surface area contributed by atoms with Gasteiger partial charge in [0.2, 0.25) is 0 Å². The van der Waals surface area contributed by atoms with E-state index in [2.05, 4.69) is 21.7 Å². The molecule has 0 amide bonds. The van der Waals surface area contributed by atoms with Gasteiger partial charge in [0.1, 0.15) is 5.75 Å². The maximum atomic E-state index is 5.65. The minimum Gasteiger partial charge on any atom is -0.494 e. The summed E-state index contributed by atoms with van der Waals surface area (Å²) in [5, 5.41) is 5.34. The Bertz CT molecular complexity index is 456. The molecule has 0 saturated carbocycles. The van der Waals surface area contributed by atoms with Gasteiger partial charge in [0.25, 0.3) is 0 Å². The van der Waals surface area contributed by atoms with E-state index >= 15 is 0 Å². The van der Waals surface area contributed by atoms with Crippen molar-refractivity contribution in [1.29, 1.82) is 0 Å². The van der Waals surface area contributed by atoms with E-state index in [1.165, 1.54) is 0 Å². The molecule has 2 rings (SSSR count). The van der Waals surface area contributed by atoms with E-state index in [1.807, 2.05) is 37.7 Å². The summed E-state index contributed by atoms with van der Waals surface area (Å²) in [6.45, 7) is 2.67. The molecule has 1 atom stereocenters. The molecule has 1 heterocycles. The number of hydrogen-bond acceptors (Lipinski definition) is 4. The molecule has 3 nitrogen and oxygen atoms in total. The first-order chi connectivity index (χ1) is 8.36. The quantitative estimate of drug-likeness (QED) is 0.883. The molecule has 0 spiro atoms. The first-order valence-corrected chi connectivity index (χ1v) is 6.58. The van der Waals surface area contributed by atoms with E-state index in [0.29, 0.717) is 6.61 Å². The van der Waals surface area contributed by atoms with Crippen LogP contribution in [0.4, 0.5) is 0 Å². The Hall–Kier alpha value is -1.39. The number of benzene rings is 1. The van der Waals surface area contributed by atoms with Crippen LogP contribution in [0.2, 0.25) is 0 Å². The third kappa shape index (κ3) is 2.65. The zero-order valence-electron chi connectivity index (χ0n) is 10.0. The molecule has 90 valence electrons. The summed E-state index contributed by atoms with van der Waals surface area (Å²) in [6, 6.07) is 8.17. The number of nitrogens with one attached hydrogen (secondary N) is 1. The number of nitrogens with zero attached hydrogens (tertiary/aromatic N) is 1. The lowest BCUT2D eigenvalue weighted by molar-refractivity contribution is 0.334. The predicted octanol–water partition coefficient (Wildman–Crippen LogP) is 2.85. The largest absolute Gasteiger partial charge is 0.494 e. The molecule has 1 unspecified atom stereocenters. The van der Waals surface area contributed by atoms with Gasteiger partial charge in [0.15, 0.2) is 0 Å². The predicted molar refractivity (Wildman–Crippen MR) is 70.6 cm³/mol. The number of para-hydroxylation sites is 1. The highest BCUT2D eigenvalue weighted by atomic mass is 32.1. The fourth-order valence-corrected chi connectivity index (χ4v) is 2.41. The van der Waals surface area contributed by atoms with E-state index in [-0.39, 0.29) is 6.04 Å². The minimum atomic E-state index is 0.0870. The molecule has 4 heteroatoms. The Morgan fingerprint density at radius 3 is 2.88 bits per heavy atom. The van der Waals surface area contributed by atoms with Gasteiger partial charge < -0.3 is 10.1 Å². The van der Waals surface area contributed by atoms with Crippen LogP contribution in [0.25, 0.3) is 0 Å². The molecular formula is C13H16N2OS. The van der Waals surface area contributed by atoms with Gasteiger partial charge in [-0.05, 0) is 20.0 Å². The van der Waals surface area contributed by atoms with Crippen molar-refractivity contribution in [2.75, 3.05) is 13.7 Å². The van der Waals surface area contributed by atoms with Crippen LogP contribution >= 0.6 is 11.3 Å². The first kappa shape index (κ1) is 12.1. The molecule has 0 aliphatic rings. The second kappa shape index (κ2) is 5.80.